The first kappa shape index (κ1) is 116. The Morgan fingerprint density at radius 2 is 0.500 bits per heavy atom. The minimum absolute atomic E-state index is 0. The molecular formula is CaF4Mg. The molecule has 0 amide bonds. The van der Waals surface area contributed by atoms with E-state index in [2.05, 4.69) is 0 Å². The summed E-state index contributed by atoms with van der Waals surface area (Å²) >= 11 is 0. The minimum Gasteiger partial charge on any atom is -1.00 e. The topological polar surface area (TPSA) is 0 Å². The molecule has 0 saturated heterocycles. The second-order valence-corrected chi connectivity index (χ2v) is 0. The van der Waals surface area contributed by atoms with E-state index in [-0.39, 0.29) is 79.6 Å². The molecule has 6 heteroatoms. The van der Waals surface area contributed by atoms with Crippen LogP contribution in [0.4, 0.5) is 0 Å². The van der Waals surface area contributed by atoms with Gasteiger partial charge in [0.05, 0.1) is 0 Å². The zero-order valence-corrected chi connectivity index (χ0v) is 6.55. The van der Waals surface area contributed by atoms with E-state index in [0.29, 0.717) is 0 Å². The number of halogens is 4. The van der Waals surface area contributed by atoms with E-state index in [4.69, 9.17) is 0 Å². The maximum Gasteiger partial charge on any atom is 2.00 e. The van der Waals surface area contributed by atoms with Gasteiger partial charge in [0.1, 0.15) is 0 Å². The molecule has 0 heterocycles. The Hall–Kier alpha value is 1.75. The normalized spacial score (nSPS) is 0. The summed E-state index contributed by atoms with van der Waals surface area (Å²) in [5, 5.41) is 0. The van der Waals surface area contributed by atoms with Gasteiger partial charge in [0, 0.05) is 0 Å². The van der Waals surface area contributed by atoms with Crippen molar-refractivity contribution in [3.63, 3.8) is 0 Å². The molecule has 0 aliphatic rings. The Morgan fingerprint density at radius 3 is 0.500 bits per heavy atom. The monoisotopic (exact) mass is 140 g/mol. The molecular weight excluding hydrogens is 140 g/mol. The van der Waals surface area contributed by atoms with E-state index in [1.165, 1.54) is 0 Å². The third-order valence-corrected chi connectivity index (χ3v) is 0. The molecule has 0 spiro atoms. The molecule has 0 aromatic carbocycles. The molecule has 0 fully saturated rings. The van der Waals surface area contributed by atoms with Crippen LogP contribution in [-0.2, 0) is 0 Å². The molecule has 6 heavy (non-hydrogen) atoms. The average molecular weight is 140 g/mol. The van der Waals surface area contributed by atoms with Crippen molar-refractivity contribution in [2.75, 3.05) is 0 Å². The van der Waals surface area contributed by atoms with Gasteiger partial charge in [-0.1, -0.05) is 0 Å². The molecule has 0 radical (unpaired) electrons. The fraction of sp³-hybridized carbons (Fsp3) is 0. The van der Waals surface area contributed by atoms with Gasteiger partial charge in [-0.2, -0.15) is 0 Å². The molecule has 0 nitrogen and oxygen atoms in total. The van der Waals surface area contributed by atoms with Gasteiger partial charge in [0.2, 0.25) is 0 Å². The molecule has 0 aliphatic heterocycles. The number of hydrogen-bond donors (Lipinski definition) is 0. The van der Waals surface area contributed by atoms with Crippen LogP contribution in [-0.4, -0.2) is 60.8 Å². The van der Waals surface area contributed by atoms with Crippen LogP contribution in [0.5, 0.6) is 0 Å². The molecule has 0 saturated carbocycles. The summed E-state index contributed by atoms with van der Waals surface area (Å²) in [5.41, 5.74) is 0. The van der Waals surface area contributed by atoms with Gasteiger partial charge < -0.3 is 18.8 Å². The summed E-state index contributed by atoms with van der Waals surface area (Å²) in [6.45, 7) is 0. The van der Waals surface area contributed by atoms with E-state index in [1.54, 1.807) is 0 Å². The first-order chi connectivity index (χ1) is 0. The van der Waals surface area contributed by atoms with Crippen LogP contribution in [0.1, 0.15) is 0 Å². The van der Waals surface area contributed by atoms with Gasteiger partial charge in [0.25, 0.3) is 0 Å². The average Bonchev–Trinajstić information content (AvgIpc) is 0. The molecule has 32 valence electrons. The van der Waals surface area contributed by atoms with Crippen LogP contribution in [0, 0.1) is 0 Å². The molecule has 0 atom stereocenters. The Balaban J connectivity index is 0. The zero-order chi connectivity index (χ0) is 0. The van der Waals surface area contributed by atoms with Crippen LogP contribution in [0.15, 0.2) is 0 Å². The standard InChI is InChI=1S/Ca.4FH.Mg/h;4*1H;/q+2;;;;;+2/p-4. The molecule has 0 aromatic heterocycles. The largest absolute Gasteiger partial charge is 2.00 e. The summed E-state index contributed by atoms with van der Waals surface area (Å²) in [4.78, 5) is 0. The predicted octanol–water partition coefficient (Wildman–Crippen LogP) is -12.7. The molecule has 0 N–H and O–H groups in total. The minimum atomic E-state index is 0. The van der Waals surface area contributed by atoms with Crippen molar-refractivity contribution >= 4 is 60.8 Å². The SMILES string of the molecule is [Ca+2].[F-].[F-].[F-].[F-].[Mg+2]. The van der Waals surface area contributed by atoms with Crippen molar-refractivity contribution in [3.05, 3.63) is 0 Å². The fourth-order valence-electron chi connectivity index (χ4n) is 0. The van der Waals surface area contributed by atoms with Crippen molar-refractivity contribution in [2.24, 2.45) is 0 Å². The Labute approximate surface area is 78.7 Å². The Kier molecular flexibility index (Phi) is 1410. The van der Waals surface area contributed by atoms with Crippen LogP contribution >= 0.6 is 0 Å². The Bertz CT molecular complexity index is 7.51. The van der Waals surface area contributed by atoms with Gasteiger partial charge >= 0.3 is 60.8 Å². The van der Waals surface area contributed by atoms with Gasteiger partial charge in [-0.15, -0.1) is 0 Å². The van der Waals surface area contributed by atoms with Gasteiger partial charge in [-0.25, -0.2) is 0 Å². The van der Waals surface area contributed by atoms with Crippen LogP contribution < -0.4 is 18.8 Å². The maximum absolute atomic E-state index is 0. The third-order valence-electron chi connectivity index (χ3n) is 0. The predicted molar refractivity (Wildman–Crippen MR) is 11.5 cm³/mol. The van der Waals surface area contributed by atoms with E-state index in [1.807, 2.05) is 0 Å². The van der Waals surface area contributed by atoms with Crippen molar-refractivity contribution < 1.29 is 18.8 Å². The summed E-state index contributed by atoms with van der Waals surface area (Å²) in [5.74, 6) is 0. The summed E-state index contributed by atoms with van der Waals surface area (Å²) in [7, 11) is 0. The summed E-state index contributed by atoms with van der Waals surface area (Å²) in [6, 6.07) is 0. The van der Waals surface area contributed by atoms with Crippen LogP contribution in [0.3, 0.4) is 0 Å². The zero-order valence-electron chi connectivity index (χ0n) is 2.93. The van der Waals surface area contributed by atoms with Crippen molar-refractivity contribution in [3.8, 4) is 0 Å². The van der Waals surface area contributed by atoms with Crippen molar-refractivity contribution in [2.45, 2.75) is 0 Å². The van der Waals surface area contributed by atoms with Crippen molar-refractivity contribution in [1.29, 1.82) is 0 Å². The van der Waals surface area contributed by atoms with Crippen molar-refractivity contribution in [1.82, 2.24) is 0 Å². The molecule has 0 unspecified atom stereocenters. The second kappa shape index (κ2) is 73.1. The van der Waals surface area contributed by atoms with E-state index >= 15 is 0 Å². The maximum atomic E-state index is 0. The fourth-order valence-corrected chi connectivity index (χ4v) is 0. The first-order valence-corrected chi connectivity index (χ1v) is 0. The smallest absolute Gasteiger partial charge is 1.00 e. The van der Waals surface area contributed by atoms with E-state index in [9.17, 15) is 0 Å². The Morgan fingerprint density at radius 1 is 0.500 bits per heavy atom. The van der Waals surface area contributed by atoms with Crippen LogP contribution in [0.2, 0.25) is 0 Å². The van der Waals surface area contributed by atoms with E-state index < -0.39 is 0 Å². The third kappa shape index (κ3) is 42.5. The van der Waals surface area contributed by atoms with E-state index in [0.717, 1.165) is 0 Å². The van der Waals surface area contributed by atoms with Gasteiger partial charge in [-0.05, 0) is 0 Å². The molecule has 0 aromatic rings. The quantitative estimate of drug-likeness (QED) is 0.232. The number of rotatable bonds is 0. The molecule has 0 bridgehead atoms. The molecule has 0 aliphatic carbocycles. The van der Waals surface area contributed by atoms with Gasteiger partial charge in [-0.3, -0.25) is 0 Å². The summed E-state index contributed by atoms with van der Waals surface area (Å²) in [6.07, 6.45) is 0. The van der Waals surface area contributed by atoms with Gasteiger partial charge in [0.15, 0.2) is 0 Å². The first-order valence-electron chi connectivity index (χ1n) is 0. The number of hydrogen-bond acceptors (Lipinski definition) is 0. The molecule has 0 rings (SSSR count). The van der Waals surface area contributed by atoms with Crippen LogP contribution in [0.25, 0.3) is 0 Å². The summed E-state index contributed by atoms with van der Waals surface area (Å²) < 4.78 is 0. The second-order valence-electron chi connectivity index (χ2n) is 0.